The predicted molar refractivity (Wildman–Crippen MR) is 296 cm³/mol. The van der Waals surface area contributed by atoms with E-state index in [-0.39, 0.29) is 23.4 Å². The average molecular weight is 1060 g/mol. The van der Waals surface area contributed by atoms with E-state index in [1.165, 1.54) is 64.2 Å². The lowest BCUT2D eigenvalue weighted by atomic mass is 9.73. The third-order valence-electron chi connectivity index (χ3n) is 15.4. The zero-order chi connectivity index (χ0) is 52.7. The van der Waals surface area contributed by atoms with Crippen LogP contribution < -0.4 is 5.32 Å². The van der Waals surface area contributed by atoms with Gasteiger partial charge in [-0.15, -0.1) is 24.4 Å². The first kappa shape index (κ1) is 58.1. The highest BCUT2D eigenvalue weighted by Crippen LogP contribution is 2.40. The summed E-state index contributed by atoms with van der Waals surface area (Å²) < 4.78 is 31.6. The minimum Gasteiger partial charge on any atom is -0.508 e. The van der Waals surface area contributed by atoms with Crippen LogP contribution in [0.4, 0.5) is 0 Å². The van der Waals surface area contributed by atoms with Crippen LogP contribution in [0.1, 0.15) is 105 Å². The number of piperidine rings is 2. The summed E-state index contributed by atoms with van der Waals surface area (Å²) in [7, 11) is -3.67. The molecule has 4 fully saturated rings. The van der Waals surface area contributed by atoms with Crippen molar-refractivity contribution in [3.05, 3.63) is 119 Å². The van der Waals surface area contributed by atoms with Crippen LogP contribution in [0.15, 0.2) is 112 Å². The molecule has 3 unspecified atom stereocenters. The van der Waals surface area contributed by atoms with Gasteiger partial charge in [-0.1, -0.05) is 87.1 Å². The van der Waals surface area contributed by atoms with E-state index in [0.29, 0.717) is 60.8 Å². The molecule has 0 radical (unpaired) electrons. The molecule has 4 aromatic rings. The number of hydrogen-bond acceptors (Lipinski definition) is 13. The van der Waals surface area contributed by atoms with Crippen LogP contribution in [0, 0.1) is 37.5 Å². The predicted octanol–water partition coefficient (Wildman–Crippen LogP) is 9.44. The monoisotopic (exact) mass is 1060 g/mol. The maximum Gasteiger partial charge on any atom is 0.261 e. The number of carbonyl (C=O) groups excluding carboxylic acids is 1. The van der Waals surface area contributed by atoms with Gasteiger partial charge in [0.15, 0.2) is 0 Å². The Labute approximate surface area is 444 Å². The number of phenolic OH excluding ortho intramolecular Hbond substituents is 2. The van der Waals surface area contributed by atoms with E-state index in [2.05, 4.69) is 46.6 Å². The standard InChI is InChI=1S/C28H38N2O3S.C22H32N2O3.C6H6S.CH4O3S/c1-19-15-21-9-6-7-10-22(21)16-30(19)17-27(32)25(18-34-23-11-4-3-5-12-23)29-28(33)24-13-8-14-26(31)20(24)2;1-14-10-16-6-3-4-7-17(16)11-24(14)12-21(26)19-13-27-22(23-19)18-8-5-9-20(25)15(18)2;7-6-4-2-1-3-5-6;1-5(2,3)4/h3-5,8,11-14,19,21-22,25,27,31-32H,6-7,9-10,15-18H2,1-2H3,(H,29,33);5,8-9,14,16-17,19,21,25-26H,3-4,6-7,10-13H2,1-2H3;1-5,7H;1H3,(H,2,3,4)/t19-,21?,22?,25+,27?;14-,16+,17-,19+,21-;;/m11../s1. The van der Waals surface area contributed by atoms with E-state index in [9.17, 15) is 33.6 Å². The van der Waals surface area contributed by atoms with Crippen molar-refractivity contribution >= 4 is 46.3 Å². The Kier molecular flexibility index (Phi) is 22.4. The number of nitrogens with zero attached hydrogens (tertiary/aromatic N) is 3. The lowest BCUT2D eigenvalue weighted by Gasteiger charge is -2.46. The van der Waals surface area contributed by atoms with Crippen LogP contribution in [-0.2, 0) is 14.9 Å². The number of ether oxygens (including phenoxy) is 1. The van der Waals surface area contributed by atoms with Crippen LogP contribution in [0.5, 0.6) is 11.5 Å². The normalized spacial score (nSPS) is 25.2. The van der Waals surface area contributed by atoms with Gasteiger partial charge < -0.3 is 30.5 Å². The van der Waals surface area contributed by atoms with Crippen LogP contribution in [0.2, 0.25) is 0 Å². The molecule has 6 N–H and O–H groups in total. The van der Waals surface area contributed by atoms with Gasteiger partial charge in [-0.3, -0.25) is 19.1 Å². The number of aliphatic imine (C=N–C) groups is 1. The molecule has 10 atom stereocenters. The lowest BCUT2D eigenvalue weighted by Crippen LogP contribution is -2.54. The number of rotatable bonds is 12. The second kappa shape index (κ2) is 28.1. The lowest BCUT2D eigenvalue weighted by molar-refractivity contribution is 0.00537. The van der Waals surface area contributed by atoms with Gasteiger partial charge in [0.25, 0.3) is 16.0 Å². The molecule has 1 amide bonds. The van der Waals surface area contributed by atoms with Crippen molar-refractivity contribution in [1.82, 2.24) is 15.1 Å². The van der Waals surface area contributed by atoms with Gasteiger partial charge in [-0.05, 0) is 126 Å². The second-order valence-corrected chi connectivity index (χ2v) is 23.9. The summed E-state index contributed by atoms with van der Waals surface area (Å²) in [5.41, 5.74) is 2.57. The van der Waals surface area contributed by atoms with Gasteiger partial charge in [0.05, 0.1) is 24.5 Å². The number of fused-ring (bicyclic) bond motifs is 2. The Morgan fingerprint density at radius 2 is 1.26 bits per heavy atom. The highest BCUT2D eigenvalue weighted by Gasteiger charge is 2.39. The number of aliphatic hydroxyl groups excluding tert-OH is 2. The van der Waals surface area contributed by atoms with Crippen molar-refractivity contribution in [1.29, 1.82) is 0 Å². The van der Waals surface area contributed by atoms with Gasteiger partial charge in [-0.25, -0.2) is 4.99 Å². The number of thiol groups is 1. The van der Waals surface area contributed by atoms with E-state index in [1.807, 2.05) is 73.7 Å². The van der Waals surface area contributed by atoms with Crippen molar-refractivity contribution in [2.24, 2.45) is 28.7 Å². The summed E-state index contributed by atoms with van der Waals surface area (Å²) in [5.74, 6) is 4.44. The number of phenols is 2. The molecule has 4 aromatic carbocycles. The fourth-order valence-electron chi connectivity index (χ4n) is 11.1. The second-order valence-electron chi connectivity index (χ2n) is 20.8. The Morgan fingerprint density at radius 1 is 0.753 bits per heavy atom. The number of nitrogens with one attached hydrogen (secondary N) is 1. The third kappa shape index (κ3) is 18.0. The molecule has 3 aliphatic heterocycles. The molecule has 2 aliphatic carbocycles. The molecule has 400 valence electrons. The smallest absolute Gasteiger partial charge is 0.261 e. The number of benzene rings is 4. The number of β-amino-alcohol motifs (C(OH)–C–C–N with tert-alkyl or cyclic N) is 2. The van der Waals surface area contributed by atoms with Crippen LogP contribution >= 0.6 is 24.4 Å². The fraction of sp³-hybridized carbons (Fsp3) is 0.544. The number of amides is 1. The number of likely N-dealkylation sites (tertiary alicyclic amines) is 2. The summed E-state index contributed by atoms with van der Waals surface area (Å²) in [5, 5.41) is 45.2. The highest BCUT2D eigenvalue weighted by atomic mass is 32.2. The maximum atomic E-state index is 13.1. The molecule has 73 heavy (non-hydrogen) atoms. The Bertz CT molecular complexity index is 2480. The first-order chi connectivity index (χ1) is 34.8. The first-order valence-electron chi connectivity index (χ1n) is 26.1. The van der Waals surface area contributed by atoms with Crippen molar-refractivity contribution in [2.75, 3.05) is 44.8 Å². The molecule has 13 nitrogen and oxygen atoms in total. The van der Waals surface area contributed by atoms with E-state index in [1.54, 1.807) is 49.0 Å². The van der Waals surface area contributed by atoms with Crippen molar-refractivity contribution < 1.29 is 42.9 Å². The Morgan fingerprint density at radius 3 is 1.81 bits per heavy atom. The summed E-state index contributed by atoms with van der Waals surface area (Å²) in [4.78, 5) is 24.8. The molecule has 2 saturated carbocycles. The van der Waals surface area contributed by atoms with E-state index in [4.69, 9.17) is 9.29 Å². The summed E-state index contributed by atoms with van der Waals surface area (Å²) in [6, 6.07) is 30.5. The largest absolute Gasteiger partial charge is 0.508 e. The van der Waals surface area contributed by atoms with Crippen molar-refractivity contribution in [2.45, 2.75) is 138 Å². The molecule has 3 heterocycles. The number of aromatic hydroxyl groups is 2. The number of hydrogen-bond donors (Lipinski definition) is 7. The van der Waals surface area contributed by atoms with Gasteiger partial charge >= 0.3 is 0 Å². The van der Waals surface area contributed by atoms with Crippen molar-refractivity contribution in [3.63, 3.8) is 0 Å². The minimum absolute atomic E-state index is 0.104. The molecule has 2 saturated heterocycles. The highest BCUT2D eigenvalue weighted by molar-refractivity contribution is 7.99. The first-order valence-corrected chi connectivity index (χ1v) is 29.4. The van der Waals surface area contributed by atoms with Gasteiger partial charge in [0.1, 0.15) is 24.1 Å². The van der Waals surface area contributed by atoms with Crippen LogP contribution in [0.3, 0.4) is 0 Å². The van der Waals surface area contributed by atoms with E-state index in [0.717, 1.165) is 57.7 Å². The third-order valence-corrected chi connectivity index (χ3v) is 16.8. The quantitative estimate of drug-likeness (QED) is 0.0405. The summed E-state index contributed by atoms with van der Waals surface area (Å²) in [6.45, 7) is 12.0. The maximum absolute atomic E-state index is 13.1. The Balaban J connectivity index is 0.000000197. The van der Waals surface area contributed by atoms with Crippen LogP contribution in [-0.4, -0.2) is 136 Å². The molecule has 5 aliphatic rings. The van der Waals surface area contributed by atoms with Gasteiger partial charge in [-0.2, -0.15) is 8.42 Å². The molecule has 0 spiro atoms. The molecule has 0 bridgehead atoms. The SMILES string of the molecule is CS(=O)(=O)O.Cc1c(O)cccc1C(=O)N[C@@H](CSc1ccccc1)C(O)CN1CC2CCCCC2C[C@H]1C.Cc1c(O)cccc1C1=N[C@H]([C@H](O)CN2C[C@H]3CCCC[C@H]3C[C@H]2C)CO1.Sc1ccccc1. The number of carbonyl (C=O) groups is 1. The number of aliphatic hydroxyl groups is 2. The number of thioether (sulfide) groups is 1. The zero-order valence-electron chi connectivity index (χ0n) is 43.3. The molecule has 9 rings (SSSR count). The molecular formula is C57H80N4O9S3. The molecular weight excluding hydrogens is 981 g/mol. The summed E-state index contributed by atoms with van der Waals surface area (Å²) in [6.07, 6.45) is 12.8. The van der Waals surface area contributed by atoms with E-state index >= 15 is 0 Å². The minimum atomic E-state index is -3.67. The fourth-order valence-corrected chi connectivity index (χ4v) is 12.3. The van der Waals surface area contributed by atoms with Gasteiger partial charge in [0.2, 0.25) is 5.90 Å². The summed E-state index contributed by atoms with van der Waals surface area (Å²) >= 11 is 5.72. The van der Waals surface area contributed by atoms with E-state index < -0.39 is 28.4 Å². The average Bonchev–Trinajstić information content (AvgIpc) is 3.86. The van der Waals surface area contributed by atoms with Crippen LogP contribution in [0.25, 0.3) is 0 Å². The molecule has 16 heteroatoms. The topological polar surface area (TPSA) is 192 Å². The van der Waals surface area contributed by atoms with Gasteiger partial charge in [0, 0.05) is 76.1 Å². The Hall–Kier alpha value is -4.13. The van der Waals surface area contributed by atoms with Crippen molar-refractivity contribution in [3.8, 4) is 11.5 Å². The zero-order valence-corrected chi connectivity index (χ0v) is 45.8. The molecule has 0 aromatic heterocycles.